The van der Waals surface area contributed by atoms with Gasteiger partial charge in [-0.25, -0.2) is 0 Å². The largest absolute Gasteiger partial charge is 0.497 e. The topological polar surface area (TPSA) is 29.5 Å². The van der Waals surface area contributed by atoms with Crippen molar-refractivity contribution in [1.29, 1.82) is 0 Å². The Balaban J connectivity index is 2.49. The number of fused-ring (bicyclic) bond motifs is 1. The number of carbonyl (C=O) groups excluding carboxylic acids is 1. The summed E-state index contributed by atoms with van der Waals surface area (Å²) in [5.74, 6) is 1.07. The Morgan fingerprint density at radius 3 is 2.71 bits per heavy atom. The summed E-state index contributed by atoms with van der Waals surface area (Å²) >= 11 is 0. The highest BCUT2D eigenvalue weighted by atomic mass is 16.5. The minimum atomic E-state index is 0.219. The van der Waals surface area contributed by atoms with Crippen molar-refractivity contribution in [3.63, 3.8) is 0 Å². The molecule has 0 aromatic heterocycles. The van der Waals surface area contributed by atoms with Gasteiger partial charge in [0.25, 0.3) is 0 Å². The molecule has 0 atom stereocenters. The van der Waals surface area contributed by atoms with E-state index in [1.807, 2.05) is 43.4 Å². The number of Topliss-reactive ketones (excluding diaryl/α,β-unsaturated/α-hetero) is 1. The van der Waals surface area contributed by atoms with Crippen LogP contribution in [0.15, 0.2) is 24.4 Å². The van der Waals surface area contributed by atoms with Crippen LogP contribution in [0.25, 0.3) is 5.57 Å². The van der Waals surface area contributed by atoms with Gasteiger partial charge in [-0.1, -0.05) is 6.07 Å². The Kier molecular flexibility index (Phi) is 3.18. The molecular formula is C14H17NO2. The minimum absolute atomic E-state index is 0.219. The number of benzene rings is 1. The van der Waals surface area contributed by atoms with Crippen LogP contribution in [0.4, 0.5) is 0 Å². The lowest BCUT2D eigenvalue weighted by molar-refractivity contribution is -0.113. The highest BCUT2D eigenvalue weighted by molar-refractivity contribution is 6.22. The third-order valence-electron chi connectivity index (χ3n) is 2.91. The highest BCUT2D eigenvalue weighted by Gasteiger charge is 2.21. The van der Waals surface area contributed by atoms with Gasteiger partial charge in [-0.15, -0.1) is 0 Å². The third kappa shape index (κ3) is 2.33. The smallest absolute Gasteiger partial charge is 0.165 e. The zero-order valence-electron chi connectivity index (χ0n) is 10.5. The number of carbonyl (C=O) groups is 1. The van der Waals surface area contributed by atoms with E-state index in [1.165, 1.54) is 5.56 Å². The van der Waals surface area contributed by atoms with E-state index < -0.39 is 0 Å². The summed E-state index contributed by atoms with van der Waals surface area (Å²) in [6.07, 6.45) is 3.28. The highest BCUT2D eigenvalue weighted by Crippen LogP contribution is 2.31. The maximum atomic E-state index is 11.9. The van der Waals surface area contributed by atoms with Crippen molar-refractivity contribution in [1.82, 2.24) is 4.90 Å². The number of ether oxygens (including phenoxy) is 1. The van der Waals surface area contributed by atoms with Gasteiger partial charge in [-0.2, -0.15) is 0 Å². The van der Waals surface area contributed by atoms with E-state index in [-0.39, 0.29) is 5.78 Å². The standard InChI is InChI=1S/C14H17NO2/c1-15(2)9-13-12-6-5-11(17-3)8-10(12)4-7-14(13)16/h5-6,8-9H,4,7H2,1-3H3/b13-9+. The summed E-state index contributed by atoms with van der Waals surface area (Å²) in [7, 11) is 5.52. The zero-order valence-corrected chi connectivity index (χ0v) is 10.5. The van der Waals surface area contributed by atoms with Gasteiger partial charge in [0.05, 0.1) is 7.11 Å². The number of hydrogen-bond acceptors (Lipinski definition) is 3. The first-order valence-corrected chi connectivity index (χ1v) is 5.70. The van der Waals surface area contributed by atoms with Gasteiger partial charge in [0.15, 0.2) is 5.78 Å². The summed E-state index contributed by atoms with van der Waals surface area (Å²) < 4.78 is 5.21. The molecule has 0 spiro atoms. The summed E-state index contributed by atoms with van der Waals surface area (Å²) in [6, 6.07) is 5.90. The number of nitrogens with zero attached hydrogens (tertiary/aromatic N) is 1. The van der Waals surface area contributed by atoms with E-state index in [4.69, 9.17) is 4.74 Å². The lowest BCUT2D eigenvalue weighted by Crippen LogP contribution is -2.15. The van der Waals surface area contributed by atoms with Crippen molar-refractivity contribution in [2.75, 3.05) is 21.2 Å². The fourth-order valence-electron chi connectivity index (χ4n) is 2.10. The molecule has 0 N–H and O–H groups in total. The molecule has 0 bridgehead atoms. The van der Waals surface area contributed by atoms with Crippen molar-refractivity contribution >= 4 is 11.4 Å². The van der Waals surface area contributed by atoms with Gasteiger partial charge in [-0.05, 0) is 29.7 Å². The quantitative estimate of drug-likeness (QED) is 0.730. The molecule has 0 unspecified atom stereocenters. The van der Waals surface area contributed by atoms with E-state index >= 15 is 0 Å². The molecule has 17 heavy (non-hydrogen) atoms. The Morgan fingerprint density at radius 1 is 1.29 bits per heavy atom. The number of rotatable bonds is 2. The molecule has 2 rings (SSSR count). The van der Waals surface area contributed by atoms with Crippen LogP contribution in [-0.2, 0) is 11.2 Å². The van der Waals surface area contributed by atoms with Crippen LogP contribution in [-0.4, -0.2) is 31.9 Å². The van der Waals surface area contributed by atoms with Crippen LogP contribution in [0.5, 0.6) is 5.75 Å². The molecular weight excluding hydrogens is 214 g/mol. The molecule has 90 valence electrons. The predicted octanol–water partition coefficient (Wildman–Crippen LogP) is 2.11. The molecule has 0 fully saturated rings. The monoisotopic (exact) mass is 231 g/mol. The Morgan fingerprint density at radius 2 is 2.06 bits per heavy atom. The molecule has 0 heterocycles. The van der Waals surface area contributed by atoms with Crippen LogP contribution in [0.1, 0.15) is 17.5 Å². The fourth-order valence-corrected chi connectivity index (χ4v) is 2.10. The van der Waals surface area contributed by atoms with Crippen molar-refractivity contribution in [2.45, 2.75) is 12.8 Å². The molecule has 0 aliphatic heterocycles. The minimum Gasteiger partial charge on any atom is -0.497 e. The molecule has 1 aromatic carbocycles. The van der Waals surface area contributed by atoms with E-state index in [2.05, 4.69) is 0 Å². The molecule has 3 nitrogen and oxygen atoms in total. The molecule has 0 radical (unpaired) electrons. The van der Waals surface area contributed by atoms with Crippen molar-refractivity contribution in [3.8, 4) is 5.75 Å². The van der Waals surface area contributed by atoms with Gasteiger partial charge in [0.1, 0.15) is 5.75 Å². The lowest BCUT2D eigenvalue weighted by Gasteiger charge is -2.20. The zero-order chi connectivity index (χ0) is 12.4. The maximum absolute atomic E-state index is 11.9. The second-order valence-electron chi connectivity index (χ2n) is 4.45. The number of allylic oxidation sites excluding steroid dienone is 1. The predicted molar refractivity (Wildman–Crippen MR) is 68.0 cm³/mol. The Hall–Kier alpha value is -1.77. The molecule has 0 saturated heterocycles. The van der Waals surface area contributed by atoms with Crippen LogP contribution in [0.3, 0.4) is 0 Å². The first kappa shape index (κ1) is 11.7. The fraction of sp³-hybridized carbons (Fsp3) is 0.357. The van der Waals surface area contributed by atoms with Crippen LogP contribution >= 0.6 is 0 Å². The molecule has 0 amide bonds. The van der Waals surface area contributed by atoms with Crippen LogP contribution < -0.4 is 4.74 Å². The molecule has 3 heteroatoms. The van der Waals surface area contributed by atoms with Gasteiger partial charge in [0, 0.05) is 32.3 Å². The third-order valence-corrected chi connectivity index (χ3v) is 2.91. The van der Waals surface area contributed by atoms with Gasteiger partial charge in [0.2, 0.25) is 0 Å². The normalized spacial score (nSPS) is 16.9. The number of methoxy groups -OCH3 is 1. The van der Waals surface area contributed by atoms with E-state index in [0.29, 0.717) is 6.42 Å². The van der Waals surface area contributed by atoms with Gasteiger partial charge in [-0.3, -0.25) is 4.79 Å². The van der Waals surface area contributed by atoms with Gasteiger partial charge < -0.3 is 9.64 Å². The summed E-state index contributed by atoms with van der Waals surface area (Å²) in [6.45, 7) is 0. The summed E-state index contributed by atoms with van der Waals surface area (Å²) in [5, 5.41) is 0. The number of ketones is 1. The average molecular weight is 231 g/mol. The second-order valence-corrected chi connectivity index (χ2v) is 4.45. The van der Waals surface area contributed by atoms with Crippen LogP contribution in [0, 0.1) is 0 Å². The first-order chi connectivity index (χ1) is 8.11. The van der Waals surface area contributed by atoms with Crippen molar-refractivity contribution in [2.24, 2.45) is 0 Å². The molecule has 1 aliphatic rings. The average Bonchev–Trinajstić information content (AvgIpc) is 2.32. The Labute approximate surface area is 102 Å². The Bertz CT molecular complexity index is 475. The van der Waals surface area contributed by atoms with Gasteiger partial charge >= 0.3 is 0 Å². The number of hydrogen-bond donors (Lipinski definition) is 0. The molecule has 1 aliphatic carbocycles. The second kappa shape index (κ2) is 4.62. The first-order valence-electron chi connectivity index (χ1n) is 5.70. The lowest BCUT2D eigenvalue weighted by atomic mass is 9.86. The van der Waals surface area contributed by atoms with E-state index in [0.717, 1.165) is 23.3 Å². The summed E-state index contributed by atoms with van der Waals surface area (Å²) in [4.78, 5) is 13.8. The van der Waals surface area contributed by atoms with E-state index in [9.17, 15) is 4.79 Å². The van der Waals surface area contributed by atoms with Crippen LogP contribution in [0.2, 0.25) is 0 Å². The van der Waals surface area contributed by atoms with Crippen molar-refractivity contribution in [3.05, 3.63) is 35.5 Å². The summed E-state index contributed by atoms with van der Waals surface area (Å²) in [5.41, 5.74) is 3.03. The SMILES string of the molecule is COc1ccc2c(c1)CCC(=O)/C2=C/N(C)C. The maximum Gasteiger partial charge on any atom is 0.165 e. The molecule has 0 saturated carbocycles. The molecule has 1 aromatic rings. The van der Waals surface area contributed by atoms with Crippen molar-refractivity contribution < 1.29 is 9.53 Å². The number of aryl methyl sites for hydroxylation is 1. The van der Waals surface area contributed by atoms with E-state index in [1.54, 1.807) is 7.11 Å².